The van der Waals surface area contributed by atoms with E-state index in [9.17, 15) is 4.79 Å². The van der Waals surface area contributed by atoms with E-state index in [1.807, 2.05) is 25.1 Å². The van der Waals surface area contributed by atoms with Gasteiger partial charge in [-0.1, -0.05) is 30.3 Å². The van der Waals surface area contributed by atoms with Crippen molar-refractivity contribution in [3.63, 3.8) is 0 Å². The topological polar surface area (TPSA) is 35.6 Å². The van der Waals surface area contributed by atoms with Gasteiger partial charge in [-0.3, -0.25) is 9.69 Å². The molecule has 1 heterocycles. The van der Waals surface area contributed by atoms with Gasteiger partial charge < -0.3 is 10.2 Å². The molecule has 1 aromatic rings. The molecule has 4 nitrogen and oxygen atoms in total. The molecule has 2 rings (SSSR count). The standard InChI is InChI=1S/C19H31N3OS/c1-16(24-14-17-8-6-5-7-9-17)18(23)20-15-19(2,3)22-12-10-21(4)11-13-22/h5-9,16H,10-15H2,1-4H3,(H,20,23)/t16-/m1/s1. The maximum Gasteiger partial charge on any atom is 0.232 e. The lowest BCUT2D eigenvalue weighted by Gasteiger charge is -2.43. The highest BCUT2D eigenvalue weighted by atomic mass is 32.2. The molecule has 1 aromatic carbocycles. The summed E-state index contributed by atoms with van der Waals surface area (Å²) in [6.45, 7) is 11.5. The van der Waals surface area contributed by atoms with Crippen LogP contribution < -0.4 is 5.32 Å². The second kappa shape index (κ2) is 8.88. The first kappa shape index (κ1) is 19.3. The van der Waals surface area contributed by atoms with Crippen molar-refractivity contribution in [1.82, 2.24) is 15.1 Å². The Labute approximate surface area is 151 Å². The van der Waals surface area contributed by atoms with E-state index in [-0.39, 0.29) is 16.7 Å². The van der Waals surface area contributed by atoms with Gasteiger partial charge in [0, 0.05) is 44.0 Å². The molecule has 5 heteroatoms. The van der Waals surface area contributed by atoms with Gasteiger partial charge in [0.2, 0.25) is 5.91 Å². The zero-order chi connectivity index (χ0) is 17.6. The Morgan fingerprint density at radius 2 is 1.83 bits per heavy atom. The third-order valence-corrected chi connectivity index (χ3v) is 5.98. The second-order valence-electron chi connectivity index (χ2n) is 7.26. The average Bonchev–Trinajstić information content (AvgIpc) is 2.59. The number of carbonyl (C=O) groups is 1. The summed E-state index contributed by atoms with van der Waals surface area (Å²) in [6.07, 6.45) is 0. The average molecular weight is 350 g/mol. The number of piperazine rings is 1. The molecule has 0 aliphatic carbocycles. The molecule has 1 aliphatic rings. The van der Waals surface area contributed by atoms with E-state index in [0.717, 1.165) is 31.9 Å². The number of amides is 1. The van der Waals surface area contributed by atoms with Crippen LogP contribution in [0.4, 0.5) is 0 Å². The van der Waals surface area contributed by atoms with Gasteiger partial charge in [0.15, 0.2) is 0 Å². The van der Waals surface area contributed by atoms with Gasteiger partial charge in [-0.05, 0) is 33.4 Å². The molecule has 134 valence electrons. The quantitative estimate of drug-likeness (QED) is 0.820. The third kappa shape index (κ3) is 5.80. The monoisotopic (exact) mass is 349 g/mol. The molecule has 1 amide bonds. The first-order chi connectivity index (χ1) is 11.4. The van der Waals surface area contributed by atoms with E-state index in [0.29, 0.717) is 6.54 Å². The Morgan fingerprint density at radius 3 is 2.46 bits per heavy atom. The number of thioether (sulfide) groups is 1. The normalized spacial score (nSPS) is 18.3. The summed E-state index contributed by atoms with van der Waals surface area (Å²) >= 11 is 1.69. The van der Waals surface area contributed by atoms with Gasteiger partial charge in [-0.2, -0.15) is 0 Å². The summed E-state index contributed by atoms with van der Waals surface area (Å²) in [6, 6.07) is 10.3. The number of hydrogen-bond donors (Lipinski definition) is 1. The maximum atomic E-state index is 12.4. The summed E-state index contributed by atoms with van der Waals surface area (Å²) in [5.74, 6) is 1.01. The van der Waals surface area contributed by atoms with Crippen molar-refractivity contribution in [3.8, 4) is 0 Å². The number of rotatable bonds is 7. The second-order valence-corrected chi connectivity index (χ2v) is 8.59. The van der Waals surface area contributed by atoms with Crippen molar-refractivity contribution in [1.29, 1.82) is 0 Å². The van der Waals surface area contributed by atoms with Gasteiger partial charge in [-0.25, -0.2) is 0 Å². The molecule has 24 heavy (non-hydrogen) atoms. The molecule has 1 aliphatic heterocycles. The van der Waals surface area contributed by atoms with Crippen molar-refractivity contribution >= 4 is 17.7 Å². The van der Waals surface area contributed by atoms with E-state index < -0.39 is 0 Å². The van der Waals surface area contributed by atoms with Crippen LogP contribution in [0.1, 0.15) is 26.3 Å². The van der Waals surface area contributed by atoms with Crippen molar-refractivity contribution in [2.24, 2.45) is 0 Å². The smallest absolute Gasteiger partial charge is 0.232 e. The van der Waals surface area contributed by atoms with Crippen LogP contribution in [0.15, 0.2) is 30.3 Å². The van der Waals surface area contributed by atoms with Crippen LogP contribution in [0, 0.1) is 0 Å². The largest absolute Gasteiger partial charge is 0.353 e. The zero-order valence-corrected chi connectivity index (χ0v) is 16.2. The molecule has 1 fully saturated rings. The Balaban J connectivity index is 1.74. The van der Waals surface area contributed by atoms with Crippen molar-refractivity contribution in [3.05, 3.63) is 35.9 Å². The van der Waals surface area contributed by atoms with Gasteiger partial charge in [0.1, 0.15) is 0 Å². The molecule has 0 bridgehead atoms. The fourth-order valence-electron chi connectivity index (χ4n) is 2.84. The minimum atomic E-state index is -0.0338. The molecule has 1 atom stereocenters. The summed E-state index contributed by atoms with van der Waals surface area (Å²) in [4.78, 5) is 17.2. The molecule has 1 saturated heterocycles. The lowest BCUT2D eigenvalue weighted by atomic mass is 10.0. The first-order valence-corrected chi connectivity index (χ1v) is 9.80. The molecular weight excluding hydrogens is 318 g/mol. The molecule has 0 aromatic heterocycles. The highest BCUT2D eigenvalue weighted by molar-refractivity contribution is 7.99. The molecule has 0 saturated carbocycles. The van der Waals surface area contributed by atoms with Gasteiger partial charge >= 0.3 is 0 Å². The fraction of sp³-hybridized carbons (Fsp3) is 0.632. The van der Waals surface area contributed by atoms with E-state index in [1.54, 1.807) is 11.8 Å². The third-order valence-electron chi connectivity index (χ3n) is 4.77. The fourth-order valence-corrected chi connectivity index (χ4v) is 3.71. The molecule has 0 unspecified atom stereocenters. The van der Waals surface area contributed by atoms with Gasteiger partial charge in [0.25, 0.3) is 0 Å². The number of carbonyl (C=O) groups excluding carboxylic acids is 1. The summed E-state index contributed by atoms with van der Waals surface area (Å²) in [7, 11) is 2.16. The van der Waals surface area contributed by atoms with Crippen LogP contribution in [0.3, 0.4) is 0 Å². The van der Waals surface area contributed by atoms with Crippen LogP contribution in [-0.4, -0.2) is 66.3 Å². The minimum Gasteiger partial charge on any atom is -0.353 e. The molecular formula is C19H31N3OS. The number of nitrogens with one attached hydrogen (secondary N) is 1. The highest BCUT2D eigenvalue weighted by Gasteiger charge is 2.29. The lowest BCUT2D eigenvalue weighted by molar-refractivity contribution is -0.121. The minimum absolute atomic E-state index is 0.000731. The Bertz CT molecular complexity index is 513. The molecule has 0 radical (unpaired) electrons. The SMILES string of the molecule is C[C@@H](SCc1ccccc1)C(=O)NCC(C)(C)N1CCN(C)CC1. The number of nitrogens with zero attached hydrogens (tertiary/aromatic N) is 2. The predicted molar refractivity (Wildman–Crippen MR) is 103 cm³/mol. The zero-order valence-electron chi connectivity index (χ0n) is 15.4. The van der Waals surface area contributed by atoms with E-state index in [1.165, 1.54) is 5.56 Å². The van der Waals surface area contributed by atoms with E-state index in [4.69, 9.17) is 0 Å². The summed E-state index contributed by atoms with van der Waals surface area (Å²) < 4.78 is 0. The van der Waals surface area contributed by atoms with Crippen molar-refractivity contribution in [2.45, 2.75) is 37.3 Å². The highest BCUT2D eigenvalue weighted by Crippen LogP contribution is 2.19. The van der Waals surface area contributed by atoms with Crippen molar-refractivity contribution < 1.29 is 4.79 Å². The maximum absolute atomic E-state index is 12.4. The van der Waals surface area contributed by atoms with Gasteiger partial charge in [0.05, 0.1) is 5.25 Å². The molecule has 0 spiro atoms. The van der Waals surface area contributed by atoms with Gasteiger partial charge in [-0.15, -0.1) is 11.8 Å². The Hall–Kier alpha value is -1.04. The number of likely N-dealkylation sites (N-methyl/N-ethyl adjacent to an activating group) is 1. The van der Waals surface area contributed by atoms with Crippen molar-refractivity contribution in [2.75, 3.05) is 39.8 Å². The number of hydrogen-bond acceptors (Lipinski definition) is 4. The predicted octanol–water partition coefficient (Wildman–Crippen LogP) is 2.45. The number of benzene rings is 1. The molecule has 1 N–H and O–H groups in total. The first-order valence-electron chi connectivity index (χ1n) is 8.75. The van der Waals surface area contributed by atoms with Crippen LogP contribution in [0.5, 0.6) is 0 Å². The van der Waals surface area contributed by atoms with E-state index in [2.05, 4.69) is 48.1 Å². The lowest BCUT2D eigenvalue weighted by Crippen LogP contribution is -2.58. The Morgan fingerprint density at radius 1 is 1.21 bits per heavy atom. The van der Waals surface area contributed by atoms with Crippen LogP contribution >= 0.6 is 11.8 Å². The van der Waals surface area contributed by atoms with Crippen LogP contribution in [0.2, 0.25) is 0 Å². The van der Waals surface area contributed by atoms with Crippen LogP contribution in [-0.2, 0) is 10.5 Å². The Kier molecular flexibility index (Phi) is 7.14. The summed E-state index contributed by atoms with van der Waals surface area (Å²) in [5, 5.41) is 3.12. The van der Waals surface area contributed by atoms with Crippen LogP contribution in [0.25, 0.3) is 0 Å². The van der Waals surface area contributed by atoms with E-state index >= 15 is 0 Å². The summed E-state index contributed by atoms with van der Waals surface area (Å²) in [5.41, 5.74) is 1.26.